The number of carbonyl (C=O) groups is 1. The van der Waals surface area contributed by atoms with Crippen molar-refractivity contribution >= 4 is 27.8 Å². The molecule has 0 bridgehead atoms. The second kappa shape index (κ2) is 7.24. The zero-order valence-corrected chi connectivity index (χ0v) is 17.3. The van der Waals surface area contributed by atoms with Crippen molar-refractivity contribution in [3.05, 3.63) is 108 Å². The number of hydrogen-bond acceptors (Lipinski definition) is 2. The molecule has 4 aromatic carbocycles. The molecule has 31 heavy (non-hydrogen) atoms. The van der Waals surface area contributed by atoms with Crippen molar-refractivity contribution in [3.63, 3.8) is 0 Å². The van der Waals surface area contributed by atoms with Crippen LogP contribution < -0.4 is 5.32 Å². The first kappa shape index (κ1) is 18.1. The fraction of sp³-hybridized carbons (Fsp3) is 0.138. The number of carbonyl (C=O) groups excluding carboxylic acids is 1. The third-order valence-corrected chi connectivity index (χ3v) is 6.63. The number of nitrogens with one attached hydrogen (secondary N) is 1. The highest BCUT2D eigenvalue weighted by atomic mass is 16.1. The van der Waals surface area contributed by atoms with Crippen molar-refractivity contribution in [1.82, 2.24) is 0 Å². The van der Waals surface area contributed by atoms with E-state index in [2.05, 4.69) is 90.2 Å². The maximum Gasteiger partial charge on any atom is 0.161 e. The average Bonchev–Trinajstić information content (AvgIpc) is 2.84. The fourth-order valence-corrected chi connectivity index (χ4v) is 5.15. The molecular formula is C29H23NO. The first-order chi connectivity index (χ1) is 15.3. The highest BCUT2D eigenvalue weighted by Crippen LogP contribution is 2.48. The Morgan fingerprint density at radius 2 is 1.45 bits per heavy atom. The molecule has 0 saturated heterocycles. The van der Waals surface area contributed by atoms with Gasteiger partial charge in [-0.1, -0.05) is 84.9 Å². The molecule has 1 N–H and O–H groups in total. The molecule has 2 aliphatic rings. The molecule has 1 aliphatic heterocycles. The van der Waals surface area contributed by atoms with Gasteiger partial charge in [0.2, 0.25) is 0 Å². The molecule has 0 fully saturated rings. The first-order valence-electron chi connectivity index (χ1n) is 11.0. The van der Waals surface area contributed by atoms with E-state index in [1.807, 2.05) is 6.07 Å². The molecule has 1 atom stereocenters. The lowest BCUT2D eigenvalue weighted by Crippen LogP contribution is -2.27. The zero-order chi connectivity index (χ0) is 20.8. The molecule has 0 spiro atoms. The van der Waals surface area contributed by atoms with Gasteiger partial charge in [0.1, 0.15) is 0 Å². The number of rotatable bonds is 2. The molecule has 0 saturated carbocycles. The Balaban J connectivity index is 1.49. The molecule has 0 unspecified atom stereocenters. The second-order valence-corrected chi connectivity index (χ2v) is 8.44. The number of benzene rings is 4. The van der Waals surface area contributed by atoms with Crippen LogP contribution >= 0.6 is 0 Å². The number of fused-ring (bicyclic) bond motifs is 4. The van der Waals surface area contributed by atoms with Gasteiger partial charge in [-0.15, -0.1) is 0 Å². The number of allylic oxidation sites excluding steroid dienone is 1. The van der Waals surface area contributed by atoms with E-state index in [0.717, 1.165) is 29.7 Å². The van der Waals surface area contributed by atoms with Crippen molar-refractivity contribution in [1.29, 1.82) is 0 Å². The summed E-state index contributed by atoms with van der Waals surface area (Å²) in [5.74, 6) is 0.282. The number of hydrogen-bond donors (Lipinski definition) is 1. The van der Waals surface area contributed by atoms with Crippen molar-refractivity contribution in [2.45, 2.75) is 25.3 Å². The summed E-state index contributed by atoms with van der Waals surface area (Å²) in [7, 11) is 0. The molecule has 6 rings (SSSR count). The van der Waals surface area contributed by atoms with Gasteiger partial charge in [0.15, 0.2) is 5.78 Å². The van der Waals surface area contributed by atoms with E-state index in [1.165, 1.54) is 33.0 Å². The lowest BCUT2D eigenvalue weighted by atomic mass is 9.76. The van der Waals surface area contributed by atoms with Gasteiger partial charge in [0.05, 0.1) is 6.04 Å². The predicted octanol–water partition coefficient (Wildman–Crippen LogP) is 7.18. The predicted molar refractivity (Wildman–Crippen MR) is 128 cm³/mol. The molecule has 0 radical (unpaired) electrons. The maximum absolute atomic E-state index is 13.1. The van der Waals surface area contributed by atoms with Gasteiger partial charge in [-0.3, -0.25) is 4.79 Å². The number of Topliss-reactive ketones (excluding diaryl/α,β-unsaturated/α-hetero) is 1. The lowest BCUT2D eigenvalue weighted by Gasteiger charge is -2.35. The summed E-state index contributed by atoms with van der Waals surface area (Å²) in [6.45, 7) is 0. The van der Waals surface area contributed by atoms with Crippen LogP contribution in [-0.4, -0.2) is 5.78 Å². The van der Waals surface area contributed by atoms with Crippen LogP contribution in [0.5, 0.6) is 0 Å². The van der Waals surface area contributed by atoms with Crippen molar-refractivity contribution < 1.29 is 4.79 Å². The Morgan fingerprint density at radius 3 is 2.29 bits per heavy atom. The van der Waals surface area contributed by atoms with Crippen molar-refractivity contribution in [3.8, 4) is 11.1 Å². The fourth-order valence-electron chi connectivity index (χ4n) is 5.15. The second-order valence-electron chi connectivity index (χ2n) is 8.44. The molecule has 2 nitrogen and oxygen atoms in total. The molecule has 1 heterocycles. The molecule has 2 heteroatoms. The summed E-state index contributed by atoms with van der Waals surface area (Å²) in [5.41, 5.74) is 8.08. The Bertz CT molecular complexity index is 1330. The van der Waals surface area contributed by atoms with Gasteiger partial charge in [-0.05, 0) is 51.9 Å². The number of ketones is 1. The molecule has 1 aliphatic carbocycles. The third kappa shape index (κ3) is 2.98. The van der Waals surface area contributed by atoms with Crippen LogP contribution in [0.3, 0.4) is 0 Å². The van der Waals surface area contributed by atoms with Gasteiger partial charge in [-0.2, -0.15) is 0 Å². The van der Waals surface area contributed by atoms with Gasteiger partial charge >= 0.3 is 0 Å². The number of anilines is 1. The SMILES string of the molecule is O=C1CCCC2=C1[C@@H](c1ccc(-c3ccccc3)cc1)Nc1ccc3ccccc3c12. The van der Waals surface area contributed by atoms with E-state index >= 15 is 0 Å². The van der Waals surface area contributed by atoms with Gasteiger partial charge in [0.25, 0.3) is 0 Å². The maximum atomic E-state index is 13.1. The van der Waals surface area contributed by atoms with Crippen LogP contribution in [-0.2, 0) is 4.79 Å². The van der Waals surface area contributed by atoms with Gasteiger partial charge in [0, 0.05) is 23.2 Å². The molecule has 4 aromatic rings. The smallest absolute Gasteiger partial charge is 0.161 e. The standard InChI is InChI=1S/C29H23NO/c31-26-12-6-11-24-27-23-10-5-4-9-21(23)17-18-25(27)30-29(28(24)26)22-15-13-20(14-16-22)19-7-2-1-3-8-19/h1-5,7-10,13-18,29-30H,6,11-12H2/t29-/m1/s1. The van der Waals surface area contributed by atoms with Crippen molar-refractivity contribution in [2.24, 2.45) is 0 Å². The summed E-state index contributed by atoms with van der Waals surface area (Å²) < 4.78 is 0. The van der Waals surface area contributed by atoms with E-state index in [0.29, 0.717) is 6.42 Å². The molecule has 0 aromatic heterocycles. The van der Waals surface area contributed by atoms with Crippen LogP contribution in [0.1, 0.15) is 36.4 Å². The monoisotopic (exact) mass is 401 g/mol. The summed E-state index contributed by atoms with van der Waals surface area (Å²) in [6.07, 6.45) is 2.53. The van der Waals surface area contributed by atoms with Gasteiger partial charge < -0.3 is 5.32 Å². The molecule has 0 amide bonds. The van der Waals surface area contributed by atoms with Crippen LogP contribution in [0.15, 0.2) is 96.6 Å². The van der Waals surface area contributed by atoms with Gasteiger partial charge in [-0.25, -0.2) is 0 Å². The van der Waals surface area contributed by atoms with E-state index < -0.39 is 0 Å². The Labute approximate surface area is 182 Å². The highest BCUT2D eigenvalue weighted by molar-refractivity contribution is 6.12. The minimum absolute atomic E-state index is 0.0960. The Morgan fingerprint density at radius 1 is 0.710 bits per heavy atom. The van der Waals surface area contributed by atoms with Crippen LogP contribution in [0.25, 0.3) is 27.5 Å². The first-order valence-corrected chi connectivity index (χ1v) is 11.0. The molecule has 150 valence electrons. The summed E-state index contributed by atoms with van der Waals surface area (Å²) in [6, 6.07) is 31.8. The Kier molecular flexibility index (Phi) is 4.24. The topological polar surface area (TPSA) is 29.1 Å². The van der Waals surface area contributed by atoms with Crippen LogP contribution in [0, 0.1) is 0 Å². The lowest BCUT2D eigenvalue weighted by molar-refractivity contribution is -0.116. The summed E-state index contributed by atoms with van der Waals surface area (Å²) in [4.78, 5) is 13.1. The average molecular weight is 402 g/mol. The van der Waals surface area contributed by atoms with Crippen LogP contribution in [0.4, 0.5) is 5.69 Å². The largest absolute Gasteiger partial charge is 0.373 e. The minimum Gasteiger partial charge on any atom is -0.373 e. The van der Waals surface area contributed by atoms with Crippen LogP contribution in [0.2, 0.25) is 0 Å². The quantitative estimate of drug-likeness (QED) is 0.385. The highest BCUT2D eigenvalue weighted by Gasteiger charge is 2.34. The normalized spacial score (nSPS) is 17.8. The zero-order valence-electron chi connectivity index (χ0n) is 17.3. The van der Waals surface area contributed by atoms with E-state index in [1.54, 1.807) is 0 Å². The van der Waals surface area contributed by atoms with Crippen molar-refractivity contribution in [2.75, 3.05) is 5.32 Å². The van der Waals surface area contributed by atoms with E-state index in [-0.39, 0.29) is 11.8 Å². The molecular weight excluding hydrogens is 378 g/mol. The summed E-state index contributed by atoms with van der Waals surface area (Å²) in [5, 5.41) is 6.17. The van der Waals surface area contributed by atoms with E-state index in [9.17, 15) is 4.79 Å². The summed E-state index contributed by atoms with van der Waals surface area (Å²) >= 11 is 0. The van der Waals surface area contributed by atoms with E-state index in [4.69, 9.17) is 0 Å². The third-order valence-electron chi connectivity index (χ3n) is 6.63. The Hall–Kier alpha value is -3.65. The minimum atomic E-state index is -0.0960.